The minimum absolute atomic E-state index is 0.215. The second-order valence-electron chi connectivity index (χ2n) is 14.0. The number of fused-ring (bicyclic) bond motifs is 2. The Balaban J connectivity index is 0.000000194. The number of carboxylic acids is 1. The zero-order valence-electron chi connectivity index (χ0n) is 28.6. The van der Waals surface area contributed by atoms with Gasteiger partial charge in [-0.3, -0.25) is 4.79 Å². The van der Waals surface area contributed by atoms with E-state index in [0.29, 0.717) is 42.8 Å². The Hall–Kier alpha value is -4.56. The topological polar surface area (TPSA) is 171 Å². The molecular weight excluding hydrogens is 774 g/mol. The number of carbonyl (C=O) groups is 4. The van der Waals surface area contributed by atoms with Gasteiger partial charge in [-0.25, -0.2) is 14.4 Å². The molecule has 4 heterocycles. The van der Waals surface area contributed by atoms with Crippen LogP contribution in [0, 0.1) is 0 Å². The summed E-state index contributed by atoms with van der Waals surface area (Å²) in [7, 11) is 0. The number of hydrogen-bond donors (Lipinski definition) is 4. The molecule has 0 spiro atoms. The predicted octanol–water partition coefficient (Wildman–Crippen LogP) is 7.93. The van der Waals surface area contributed by atoms with Crippen molar-refractivity contribution in [1.82, 2.24) is 19.8 Å². The normalized spacial score (nSPS) is 14.7. The average Bonchev–Trinajstić information content (AvgIpc) is 3.80. The number of H-pyrrole nitrogens is 2. The van der Waals surface area contributed by atoms with Gasteiger partial charge in [0.2, 0.25) is 0 Å². The summed E-state index contributed by atoms with van der Waals surface area (Å²) >= 11 is 6.95. The highest BCUT2D eigenvalue weighted by Crippen LogP contribution is 2.33. The van der Waals surface area contributed by atoms with Gasteiger partial charge in [0.15, 0.2) is 0 Å². The van der Waals surface area contributed by atoms with E-state index < -0.39 is 23.1 Å². The van der Waals surface area contributed by atoms with Crippen LogP contribution in [0.1, 0.15) is 73.6 Å². The first-order valence-corrected chi connectivity index (χ1v) is 17.4. The lowest BCUT2D eigenvalue weighted by Gasteiger charge is -2.24. The molecule has 0 radical (unpaired) electrons. The summed E-state index contributed by atoms with van der Waals surface area (Å²) in [6.45, 7) is 12.8. The van der Waals surface area contributed by atoms with Crippen LogP contribution >= 0.6 is 31.9 Å². The number of amides is 3. The minimum Gasteiger partial charge on any atom is -0.478 e. The number of carboxylic acid groups (broad SMARTS) is 1. The quantitative estimate of drug-likeness (QED) is 0.162. The molecule has 3 amide bonds. The molecule has 2 aliphatic rings. The first-order chi connectivity index (χ1) is 23.3. The number of aromatic nitrogens is 2. The van der Waals surface area contributed by atoms with Gasteiger partial charge in [-0.2, -0.15) is 0 Å². The predicted molar refractivity (Wildman–Crippen MR) is 199 cm³/mol. The number of halogens is 2. The molecule has 6 rings (SSSR count). The van der Waals surface area contributed by atoms with Crippen molar-refractivity contribution in [3.8, 4) is 0 Å². The molecule has 12 nitrogen and oxygen atoms in total. The van der Waals surface area contributed by atoms with Gasteiger partial charge in [-0.15, -0.1) is 0 Å². The van der Waals surface area contributed by atoms with Gasteiger partial charge in [0, 0.05) is 44.2 Å². The number of nitrogens with two attached hydrogens (primary N) is 1. The summed E-state index contributed by atoms with van der Waals surface area (Å²) in [5, 5.41) is 11.0. The Bertz CT molecular complexity index is 1930. The van der Waals surface area contributed by atoms with Crippen molar-refractivity contribution >= 4 is 88.9 Å². The standard InChI is InChI=1S/C18H20BrN3O3.C18H19BrN2O4/c1-18(2,3)25-17(24)22-7-6-10(9-22)14-8-12-13(19)5-4-11(16(20)23)15(12)21-14;1-18(2,3)25-17(24)21-7-6-10(9-21)14-8-12-13(19)5-4-11(16(22)23)15(12)20-14/h4-6,8,21H,7,9H2,1-3H3,(H2,20,23);4-6,8,20H,7,9H2,1-3H3,(H,22,23). The zero-order valence-corrected chi connectivity index (χ0v) is 31.7. The molecule has 4 aromatic rings. The SMILES string of the molecule is CC(C)(C)OC(=O)N1CC=C(c2cc3c(Br)ccc(C(=O)O)c3[nH]2)C1.CC(C)(C)OC(=O)N1CC=C(c2cc3c(Br)ccc(C(N)=O)c3[nH]2)C1. The number of primary amides is 1. The molecule has 14 heteroatoms. The van der Waals surface area contributed by atoms with Gasteiger partial charge in [-0.1, -0.05) is 44.0 Å². The van der Waals surface area contributed by atoms with Crippen molar-refractivity contribution in [2.45, 2.75) is 52.7 Å². The van der Waals surface area contributed by atoms with Crippen molar-refractivity contribution in [2.24, 2.45) is 5.73 Å². The molecule has 2 aromatic heterocycles. The number of benzene rings is 2. The third-order valence-electron chi connectivity index (χ3n) is 7.81. The molecule has 2 aliphatic heterocycles. The highest BCUT2D eigenvalue weighted by atomic mass is 79.9. The van der Waals surface area contributed by atoms with E-state index in [9.17, 15) is 24.3 Å². The molecular formula is C36H39Br2N5O7. The summed E-state index contributed by atoms with van der Waals surface area (Å²) < 4.78 is 12.5. The zero-order chi connectivity index (χ0) is 36.7. The Morgan fingerprint density at radius 2 is 1.12 bits per heavy atom. The summed E-state index contributed by atoms with van der Waals surface area (Å²) in [5.74, 6) is -1.47. The number of rotatable bonds is 4. The molecule has 0 saturated carbocycles. The monoisotopic (exact) mass is 811 g/mol. The van der Waals surface area contributed by atoms with Crippen molar-refractivity contribution < 1.29 is 33.8 Å². The lowest BCUT2D eigenvalue weighted by molar-refractivity contribution is 0.0295. The Kier molecular flexibility index (Phi) is 10.3. The van der Waals surface area contributed by atoms with Crippen LogP contribution in [0.2, 0.25) is 0 Å². The molecule has 0 bridgehead atoms. The van der Waals surface area contributed by atoms with E-state index in [1.54, 1.807) is 34.1 Å². The van der Waals surface area contributed by atoms with Gasteiger partial charge < -0.3 is 40.1 Å². The summed E-state index contributed by atoms with van der Waals surface area (Å²) in [6.07, 6.45) is 3.23. The van der Waals surface area contributed by atoms with E-state index >= 15 is 0 Å². The third kappa shape index (κ3) is 8.24. The molecule has 0 fully saturated rings. The van der Waals surface area contributed by atoms with Crippen molar-refractivity contribution in [3.63, 3.8) is 0 Å². The maximum Gasteiger partial charge on any atom is 0.410 e. The van der Waals surface area contributed by atoms with Crippen LogP contribution in [0.3, 0.4) is 0 Å². The molecule has 0 aliphatic carbocycles. The van der Waals surface area contributed by atoms with Crippen LogP contribution in [0.25, 0.3) is 33.0 Å². The molecule has 2 aromatic carbocycles. The Labute approximate surface area is 305 Å². The summed E-state index contributed by atoms with van der Waals surface area (Å²) in [6, 6.07) is 10.6. The van der Waals surface area contributed by atoms with Gasteiger partial charge in [-0.05, 0) is 89.1 Å². The third-order valence-corrected chi connectivity index (χ3v) is 9.19. The second-order valence-corrected chi connectivity index (χ2v) is 15.7. The number of aromatic amines is 2. The Morgan fingerprint density at radius 1 is 0.720 bits per heavy atom. The number of ether oxygens (including phenoxy) is 2. The van der Waals surface area contributed by atoms with Gasteiger partial charge >= 0.3 is 18.2 Å². The number of hydrogen-bond acceptors (Lipinski definition) is 6. The van der Waals surface area contributed by atoms with Crippen molar-refractivity contribution in [3.05, 3.63) is 80.0 Å². The van der Waals surface area contributed by atoms with Crippen LogP contribution < -0.4 is 5.73 Å². The maximum atomic E-state index is 12.2. The van der Waals surface area contributed by atoms with Crippen molar-refractivity contribution in [1.29, 1.82) is 0 Å². The molecule has 50 heavy (non-hydrogen) atoms. The number of nitrogens with one attached hydrogen (secondary N) is 2. The van der Waals surface area contributed by atoms with E-state index in [2.05, 4.69) is 41.8 Å². The van der Waals surface area contributed by atoms with E-state index in [0.717, 1.165) is 42.3 Å². The van der Waals surface area contributed by atoms with Crippen LogP contribution in [-0.2, 0) is 9.47 Å². The fourth-order valence-corrected chi connectivity index (χ4v) is 6.42. The fraction of sp³-hybridized carbons (Fsp3) is 0.333. The number of carbonyl (C=O) groups excluding carboxylic acids is 3. The highest BCUT2D eigenvalue weighted by molar-refractivity contribution is 9.11. The largest absolute Gasteiger partial charge is 0.478 e. The molecule has 264 valence electrons. The summed E-state index contributed by atoms with van der Waals surface area (Å²) in [4.78, 5) is 57.1. The lowest BCUT2D eigenvalue weighted by Crippen LogP contribution is -2.35. The van der Waals surface area contributed by atoms with Crippen LogP contribution in [0.5, 0.6) is 0 Å². The fourth-order valence-electron chi connectivity index (χ4n) is 5.53. The first kappa shape index (κ1) is 36.7. The molecule has 0 atom stereocenters. The molecule has 0 unspecified atom stereocenters. The van der Waals surface area contributed by atoms with Crippen LogP contribution in [-0.4, -0.2) is 86.3 Å². The van der Waals surface area contributed by atoms with E-state index in [-0.39, 0.29) is 17.7 Å². The smallest absolute Gasteiger partial charge is 0.410 e. The van der Waals surface area contributed by atoms with E-state index in [1.165, 1.54) is 0 Å². The molecule has 5 N–H and O–H groups in total. The van der Waals surface area contributed by atoms with Gasteiger partial charge in [0.25, 0.3) is 5.91 Å². The van der Waals surface area contributed by atoms with E-state index in [1.807, 2.05) is 65.8 Å². The highest BCUT2D eigenvalue weighted by Gasteiger charge is 2.28. The van der Waals surface area contributed by atoms with Crippen molar-refractivity contribution in [2.75, 3.05) is 26.2 Å². The molecule has 0 saturated heterocycles. The Morgan fingerprint density at radius 3 is 1.50 bits per heavy atom. The first-order valence-electron chi connectivity index (χ1n) is 15.8. The van der Waals surface area contributed by atoms with Crippen LogP contribution in [0.4, 0.5) is 9.59 Å². The van der Waals surface area contributed by atoms with Crippen LogP contribution in [0.15, 0.2) is 57.5 Å². The number of aromatic carboxylic acids is 1. The second kappa shape index (κ2) is 14.0. The average molecular weight is 814 g/mol. The summed E-state index contributed by atoms with van der Waals surface area (Å²) in [5.41, 5.74) is 9.86. The van der Waals surface area contributed by atoms with E-state index in [4.69, 9.17) is 15.2 Å². The van der Waals surface area contributed by atoms with Gasteiger partial charge in [0.05, 0.1) is 35.2 Å². The minimum atomic E-state index is -0.985. The lowest BCUT2D eigenvalue weighted by atomic mass is 10.1. The van der Waals surface area contributed by atoms with Gasteiger partial charge in [0.1, 0.15) is 11.2 Å². The number of nitrogens with zero attached hydrogens (tertiary/aromatic N) is 2. The maximum absolute atomic E-state index is 12.2.